The van der Waals surface area contributed by atoms with Crippen molar-refractivity contribution in [3.63, 3.8) is 0 Å². The van der Waals surface area contributed by atoms with Gasteiger partial charge in [-0.05, 0) is 19.1 Å². The van der Waals surface area contributed by atoms with E-state index in [2.05, 4.69) is 9.97 Å². The summed E-state index contributed by atoms with van der Waals surface area (Å²) in [6.07, 6.45) is 1.35. The van der Waals surface area contributed by atoms with Gasteiger partial charge in [-0.2, -0.15) is 0 Å². The van der Waals surface area contributed by atoms with E-state index in [-0.39, 0.29) is 12.4 Å². The summed E-state index contributed by atoms with van der Waals surface area (Å²) in [4.78, 5) is 10.0. The average molecular weight is 235 g/mol. The van der Waals surface area contributed by atoms with Gasteiger partial charge in [0.05, 0.1) is 6.61 Å². The van der Waals surface area contributed by atoms with Crippen molar-refractivity contribution in [3.05, 3.63) is 30.3 Å². The fraction of sp³-hybridized carbons (Fsp3) is 0.333. The molecule has 2 rings (SSSR count). The van der Waals surface area contributed by atoms with Crippen molar-refractivity contribution in [2.75, 3.05) is 24.6 Å². The van der Waals surface area contributed by atoms with Crippen LogP contribution in [0.15, 0.2) is 24.5 Å². The van der Waals surface area contributed by atoms with Crippen LogP contribution in [-0.2, 0) is 0 Å². The van der Waals surface area contributed by atoms with E-state index in [1.807, 2.05) is 11.8 Å². The molecule has 0 radical (unpaired) electrons. The summed E-state index contributed by atoms with van der Waals surface area (Å²) in [5.74, 6) is 0.303. The summed E-state index contributed by atoms with van der Waals surface area (Å²) in [6.45, 7) is 3.17. The molecule has 0 bridgehead atoms. The number of anilines is 1. The summed E-state index contributed by atoms with van der Waals surface area (Å²) < 4.78 is 13.6. The number of benzene rings is 1. The lowest BCUT2D eigenvalue weighted by Gasteiger charge is -2.21. The van der Waals surface area contributed by atoms with E-state index in [9.17, 15) is 4.39 Å². The molecule has 4 nitrogen and oxygen atoms in total. The molecule has 0 aliphatic heterocycles. The number of fused-ring (bicyclic) bond motifs is 1. The van der Waals surface area contributed by atoms with Gasteiger partial charge in [0.15, 0.2) is 0 Å². The summed E-state index contributed by atoms with van der Waals surface area (Å²) in [6, 6.07) is 4.80. The Kier molecular flexibility index (Phi) is 3.49. The third-order valence-electron chi connectivity index (χ3n) is 2.65. The molecular weight excluding hydrogens is 221 g/mol. The Hall–Kier alpha value is -1.75. The number of halogens is 1. The van der Waals surface area contributed by atoms with Crippen LogP contribution in [0.3, 0.4) is 0 Å². The van der Waals surface area contributed by atoms with Gasteiger partial charge in [-0.25, -0.2) is 14.4 Å². The summed E-state index contributed by atoms with van der Waals surface area (Å²) in [5.41, 5.74) is 0.314. The Balaban J connectivity index is 2.57. The molecule has 0 saturated carbocycles. The smallest absolute Gasteiger partial charge is 0.149 e. The summed E-state index contributed by atoms with van der Waals surface area (Å²) in [7, 11) is 0. The van der Waals surface area contributed by atoms with Crippen molar-refractivity contribution in [1.82, 2.24) is 9.97 Å². The van der Waals surface area contributed by atoms with E-state index in [0.717, 1.165) is 0 Å². The van der Waals surface area contributed by atoms with Crippen molar-refractivity contribution < 1.29 is 9.50 Å². The van der Waals surface area contributed by atoms with Gasteiger partial charge in [-0.3, -0.25) is 0 Å². The minimum atomic E-state index is -0.355. The number of aliphatic hydroxyl groups is 1. The largest absolute Gasteiger partial charge is 0.395 e. The number of rotatable bonds is 4. The van der Waals surface area contributed by atoms with Crippen LogP contribution in [0, 0.1) is 5.82 Å². The third-order valence-corrected chi connectivity index (χ3v) is 2.65. The standard InChI is InChI=1S/C12H14FN3O/c1-2-16(6-7-17)12-9-4-3-5-10(13)11(9)14-8-15-12/h3-5,8,17H,2,6-7H2,1H3. The number of likely N-dealkylation sites (N-methyl/N-ethyl adjacent to an activating group) is 1. The molecule has 17 heavy (non-hydrogen) atoms. The van der Waals surface area contributed by atoms with Crippen molar-refractivity contribution in [2.45, 2.75) is 6.92 Å². The number of hydrogen-bond donors (Lipinski definition) is 1. The minimum Gasteiger partial charge on any atom is -0.395 e. The molecule has 0 fully saturated rings. The van der Waals surface area contributed by atoms with Gasteiger partial charge < -0.3 is 10.0 Å². The lowest BCUT2D eigenvalue weighted by Crippen LogP contribution is -2.27. The molecular formula is C12H14FN3O. The maximum absolute atomic E-state index is 13.6. The molecule has 0 saturated heterocycles. The molecule has 2 aromatic rings. The predicted octanol–water partition coefficient (Wildman–Crippen LogP) is 1.59. The van der Waals surface area contributed by atoms with E-state index in [0.29, 0.717) is 29.8 Å². The lowest BCUT2D eigenvalue weighted by molar-refractivity contribution is 0.302. The van der Waals surface area contributed by atoms with Crippen LogP contribution < -0.4 is 4.90 Å². The fourth-order valence-electron chi connectivity index (χ4n) is 1.82. The van der Waals surface area contributed by atoms with Crippen molar-refractivity contribution in [3.8, 4) is 0 Å². The van der Waals surface area contributed by atoms with E-state index >= 15 is 0 Å². The highest BCUT2D eigenvalue weighted by Crippen LogP contribution is 2.24. The highest BCUT2D eigenvalue weighted by molar-refractivity contribution is 5.89. The fourth-order valence-corrected chi connectivity index (χ4v) is 1.82. The molecule has 0 amide bonds. The minimum absolute atomic E-state index is 0.0364. The van der Waals surface area contributed by atoms with Crippen LogP contribution in [0.1, 0.15) is 6.92 Å². The topological polar surface area (TPSA) is 49.2 Å². The van der Waals surface area contributed by atoms with Gasteiger partial charge in [-0.15, -0.1) is 0 Å². The summed E-state index contributed by atoms with van der Waals surface area (Å²) >= 11 is 0. The highest BCUT2D eigenvalue weighted by Gasteiger charge is 2.12. The zero-order valence-electron chi connectivity index (χ0n) is 9.60. The number of nitrogens with zero attached hydrogens (tertiary/aromatic N) is 3. The first-order valence-corrected chi connectivity index (χ1v) is 5.53. The molecule has 1 N–H and O–H groups in total. The Morgan fingerprint density at radius 1 is 1.35 bits per heavy atom. The average Bonchev–Trinajstić information content (AvgIpc) is 2.36. The van der Waals surface area contributed by atoms with Gasteiger partial charge in [0.25, 0.3) is 0 Å². The second-order valence-electron chi connectivity index (χ2n) is 3.64. The van der Waals surface area contributed by atoms with Crippen molar-refractivity contribution in [1.29, 1.82) is 0 Å². The van der Waals surface area contributed by atoms with Gasteiger partial charge in [0.2, 0.25) is 0 Å². The van der Waals surface area contributed by atoms with Gasteiger partial charge >= 0.3 is 0 Å². The Morgan fingerprint density at radius 2 is 2.18 bits per heavy atom. The SMILES string of the molecule is CCN(CCO)c1ncnc2c(F)cccc12. The zero-order chi connectivity index (χ0) is 12.3. The monoisotopic (exact) mass is 235 g/mol. The molecule has 1 heterocycles. The summed E-state index contributed by atoms with van der Waals surface area (Å²) in [5, 5.41) is 9.67. The van der Waals surface area contributed by atoms with Gasteiger partial charge in [0, 0.05) is 18.5 Å². The van der Waals surface area contributed by atoms with Crippen LogP contribution in [0.5, 0.6) is 0 Å². The van der Waals surface area contributed by atoms with Crippen LogP contribution in [-0.4, -0.2) is 34.8 Å². The highest BCUT2D eigenvalue weighted by atomic mass is 19.1. The molecule has 0 atom stereocenters. The maximum Gasteiger partial charge on any atom is 0.149 e. The van der Waals surface area contributed by atoms with E-state index in [1.165, 1.54) is 12.4 Å². The second kappa shape index (κ2) is 5.05. The zero-order valence-corrected chi connectivity index (χ0v) is 9.60. The van der Waals surface area contributed by atoms with Crippen molar-refractivity contribution >= 4 is 16.7 Å². The van der Waals surface area contributed by atoms with E-state index in [1.54, 1.807) is 12.1 Å². The molecule has 0 aliphatic carbocycles. The molecule has 5 heteroatoms. The molecule has 1 aromatic carbocycles. The first-order chi connectivity index (χ1) is 8.27. The lowest BCUT2D eigenvalue weighted by atomic mass is 10.2. The van der Waals surface area contributed by atoms with Crippen LogP contribution in [0.4, 0.5) is 10.2 Å². The first-order valence-electron chi connectivity index (χ1n) is 5.53. The maximum atomic E-state index is 13.6. The Morgan fingerprint density at radius 3 is 2.88 bits per heavy atom. The second-order valence-corrected chi connectivity index (χ2v) is 3.64. The van der Waals surface area contributed by atoms with Crippen LogP contribution in [0.2, 0.25) is 0 Å². The molecule has 0 unspecified atom stereocenters. The molecule has 0 aliphatic rings. The molecule has 1 aromatic heterocycles. The Bertz CT molecular complexity index is 518. The van der Waals surface area contributed by atoms with E-state index < -0.39 is 0 Å². The number of aliphatic hydroxyl groups excluding tert-OH is 1. The van der Waals surface area contributed by atoms with E-state index in [4.69, 9.17) is 5.11 Å². The van der Waals surface area contributed by atoms with Crippen LogP contribution >= 0.6 is 0 Å². The first kappa shape index (κ1) is 11.7. The van der Waals surface area contributed by atoms with Crippen LogP contribution in [0.25, 0.3) is 10.9 Å². The predicted molar refractivity (Wildman–Crippen MR) is 64.5 cm³/mol. The number of aromatic nitrogens is 2. The Labute approximate surface area is 98.7 Å². The van der Waals surface area contributed by atoms with Gasteiger partial charge in [0.1, 0.15) is 23.5 Å². The number of para-hydroxylation sites is 1. The van der Waals surface area contributed by atoms with Gasteiger partial charge in [-0.1, -0.05) is 6.07 Å². The quantitative estimate of drug-likeness (QED) is 0.874. The molecule has 90 valence electrons. The van der Waals surface area contributed by atoms with Crippen molar-refractivity contribution in [2.24, 2.45) is 0 Å². The molecule has 0 spiro atoms. The third kappa shape index (κ3) is 2.19. The number of hydrogen-bond acceptors (Lipinski definition) is 4. The normalized spacial score (nSPS) is 10.8.